The van der Waals surface area contributed by atoms with E-state index in [9.17, 15) is 19.5 Å². The van der Waals surface area contributed by atoms with Crippen LogP contribution < -0.4 is 0 Å². The van der Waals surface area contributed by atoms with Crippen molar-refractivity contribution in [3.05, 3.63) is 0 Å². The van der Waals surface area contributed by atoms with E-state index in [1.807, 2.05) is 0 Å². The third-order valence-electron chi connectivity index (χ3n) is 8.45. The highest BCUT2D eigenvalue weighted by Gasteiger charge is 2.20. The topological polar surface area (TPSA) is 99.1 Å². The second-order valence-electron chi connectivity index (χ2n) is 13.1. The molecule has 0 aliphatic carbocycles. The molecule has 266 valence electrons. The zero-order chi connectivity index (χ0) is 33.2. The van der Waals surface area contributed by atoms with Gasteiger partial charge >= 0.3 is 17.9 Å². The summed E-state index contributed by atoms with van der Waals surface area (Å²) in [6, 6.07) is 0. The van der Waals surface area contributed by atoms with Gasteiger partial charge < -0.3 is 19.3 Å². The van der Waals surface area contributed by atoms with E-state index in [1.54, 1.807) is 0 Å². The smallest absolute Gasteiger partial charge is 0.334 e. The van der Waals surface area contributed by atoms with E-state index in [0.29, 0.717) is 6.42 Å². The lowest BCUT2D eigenvalue weighted by Gasteiger charge is -2.18. The van der Waals surface area contributed by atoms with Crippen molar-refractivity contribution in [2.75, 3.05) is 13.2 Å². The van der Waals surface area contributed by atoms with E-state index in [4.69, 9.17) is 14.2 Å². The normalized spacial score (nSPS) is 12.5. The van der Waals surface area contributed by atoms with Crippen LogP contribution in [0.25, 0.3) is 0 Å². The molecule has 0 saturated heterocycles. The first-order valence-corrected chi connectivity index (χ1v) is 19.1. The van der Waals surface area contributed by atoms with Crippen molar-refractivity contribution in [1.29, 1.82) is 0 Å². The summed E-state index contributed by atoms with van der Waals surface area (Å²) in [5, 5.41) is 9.40. The van der Waals surface area contributed by atoms with Gasteiger partial charge in [-0.2, -0.15) is 0 Å². The third-order valence-corrected chi connectivity index (χ3v) is 8.45. The summed E-state index contributed by atoms with van der Waals surface area (Å²) in [4.78, 5) is 36.4. The van der Waals surface area contributed by atoms with Crippen molar-refractivity contribution in [3.63, 3.8) is 0 Å². The standard InChI is InChI=1S/C38H72O7/c1-4-6-8-10-12-14-16-18-20-22-24-26-28-30-36(40)43-32-35(33-44-38(42)34(3)39)45-37(41)31-29-27-25-23-21-19-17-15-13-11-9-7-5-2/h34-35,39H,4-33H2,1-3H3. The van der Waals surface area contributed by atoms with Gasteiger partial charge in [0.25, 0.3) is 0 Å². The Labute approximate surface area is 277 Å². The van der Waals surface area contributed by atoms with Crippen LogP contribution in [0.1, 0.15) is 201 Å². The molecule has 0 saturated carbocycles. The molecule has 0 bridgehead atoms. The summed E-state index contributed by atoms with van der Waals surface area (Å²) in [5.41, 5.74) is 0. The highest BCUT2D eigenvalue weighted by atomic mass is 16.6. The molecule has 7 heteroatoms. The molecule has 45 heavy (non-hydrogen) atoms. The summed E-state index contributed by atoms with van der Waals surface area (Å²) in [7, 11) is 0. The lowest BCUT2D eigenvalue weighted by molar-refractivity contribution is -0.169. The Morgan fingerprint density at radius 2 is 0.778 bits per heavy atom. The van der Waals surface area contributed by atoms with E-state index >= 15 is 0 Å². The maximum atomic E-state index is 12.4. The molecule has 0 aromatic rings. The van der Waals surface area contributed by atoms with Crippen LogP contribution in [0.3, 0.4) is 0 Å². The minimum Gasteiger partial charge on any atom is -0.462 e. The number of hydrogen-bond donors (Lipinski definition) is 1. The van der Waals surface area contributed by atoms with Crippen LogP contribution in [-0.4, -0.2) is 48.4 Å². The Kier molecular flexibility index (Phi) is 32.5. The molecule has 0 radical (unpaired) electrons. The number of aliphatic hydroxyl groups is 1. The second kappa shape index (κ2) is 33.7. The zero-order valence-corrected chi connectivity index (χ0v) is 29.8. The number of unbranched alkanes of at least 4 members (excludes halogenated alkanes) is 24. The van der Waals surface area contributed by atoms with Gasteiger partial charge in [0.15, 0.2) is 6.10 Å². The van der Waals surface area contributed by atoms with E-state index in [2.05, 4.69) is 13.8 Å². The number of rotatable bonds is 34. The summed E-state index contributed by atoms with van der Waals surface area (Å²) in [6.07, 6.45) is 30.6. The van der Waals surface area contributed by atoms with Crippen LogP contribution in [0, 0.1) is 0 Å². The van der Waals surface area contributed by atoms with Crippen molar-refractivity contribution < 1.29 is 33.7 Å². The Hall–Kier alpha value is -1.63. The molecule has 0 heterocycles. The Morgan fingerprint density at radius 3 is 1.13 bits per heavy atom. The molecule has 7 nitrogen and oxygen atoms in total. The van der Waals surface area contributed by atoms with E-state index in [0.717, 1.165) is 38.5 Å². The largest absolute Gasteiger partial charge is 0.462 e. The number of esters is 3. The lowest BCUT2D eigenvalue weighted by atomic mass is 10.0. The fourth-order valence-corrected chi connectivity index (χ4v) is 5.49. The molecule has 0 aliphatic rings. The number of ether oxygens (including phenoxy) is 3. The maximum Gasteiger partial charge on any atom is 0.334 e. The Morgan fingerprint density at radius 1 is 0.467 bits per heavy atom. The number of aliphatic hydroxyl groups excluding tert-OH is 1. The van der Waals surface area contributed by atoms with Crippen LogP contribution in [0.2, 0.25) is 0 Å². The first-order chi connectivity index (χ1) is 21.9. The number of hydrogen-bond acceptors (Lipinski definition) is 7. The van der Waals surface area contributed by atoms with Crippen LogP contribution in [-0.2, 0) is 28.6 Å². The highest BCUT2D eigenvalue weighted by Crippen LogP contribution is 2.15. The van der Waals surface area contributed by atoms with Gasteiger partial charge in [0.1, 0.15) is 19.3 Å². The van der Waals surface area contributed by atoms with Gasteiger partial charge in [-0.05, 0) is 19.8 Å². The monoisotopic (exact) mass is 641 g/mol. The molecule has 0 fully saturated rings. The van der Waals surface area contributed by atoms with Gasteiger partial charge in [0.2, 0.25) is 0 Å². The molecule has 2 unspecified atom stereocenters. The van der Waals surface area contributed by atoms with Gasteiger partial charge in [0, 0.05) is 12.8 Å². The van der Waals surface area contributed by atoms with E-state index < -0.39 is 18.2 Å². The molecule has 2 atom stereocenters. The molecule has 0 aliphatic heterocycles. The van der Waals surface area contributed by atoms with Gasteiger partial charge in [-0.3, -0.25) is 9.59 Å². The van der Waals surface area contributed by atoms with Crippen LogP contribution in [0.4, 0.5) is 0 Å². The van der Waals surface area contributed by atoms with Crippen molar-refractivity contribution in [1.82, 2.24) is 0 Å². The maximum absolute atomic E-state index is 12.4. The minimum absolute atomic E-state index is 0.158. The molecular formula is C38H72O7. The fraction of sp³-hybridized carbons (Fsp3) is 0.921. The predicted octanol–water partition coefficient (Wildman–Crippen LogP) is 10.3. The Bertz CT molecular complexity index is 679. The van der Waals surface area contributed by atoms with E-state index in [-0.39, 0.29) is 31.6 Å². The Balaban J connectivity index is 4.01. The van der Waals surface area contributed by atoms with Gasteiger partial charge in [-0.1, -0.05) is 168 Å². The SMILES string of the molecule is CCCCCCCCCCCCCCCC(=O)OCC(COC(=O)C(C)O)OC(=O)CCCCCCCCCCCCCCC. The molecule has 0 spiro atoms. The van der Waals surface area contributed by atoms with Crippen LogP contribution >= 0.6 is 0 Å². The van der Waals surface area contributed by atoms with Crippen molar-refractivity contribution in [3.8, 4) is 0 Å². The highest BCUT2D eigenvalue weighted by molar-refractivity contribution is 5.74. The third kappa shape index (κ3) is 32.1. The first-order valence-electron chi connectivity index (χ1n) is 19.1. The fourth-order valence-electron chi connectivity index (χ4n) is 5.49. The van der Waals surface area contributed by atoms with Crippen molar-refractivity contribution in [2.24, 2.45) is 0 Å². The molecule has 0 aromatic heterocycles. The summed E-state index contributed by atoms with van der Waals surface area (Å²) < 4.78 is 15.9. The number of carbonyl (C=O) groups excluding carboxylic acids is 3. The van der Waals surface area contributed by atoms with Gasteiger partial charge in [-0.25, -0.2) is 4.79 Å². The quantitative estimate of drug-likeness (QED) is 0.0424. The van der Waals surface area contributed by atoms with Crippen molar-refractivity contribution >= 4 is 17.9 Å². The molecule has 0 rings (SSSR count). The molecular weight excluding hydrogens is 568 g/mol. The number of carbonyl (C=O) groups is 3. The minimum atomic E-state index is -1.27. The summed E-state index contributed by atoms with van der Waals surface area (Å²) in [5.74, 6) is -1.52. The summed E-state index contributed by atoms with van der Waals surface area (Å²) >= 11 is 0. The summed E-state index contributed by atoms with van der Waals surface area (Å²) in [6.45, 7) is 5.41. The molecule has 1 N–H and O–H groups in total. The van der Waals surface area contributed by atoms with Crippen LogP contribution in [0.5, 0.6) is 0 Å². The zero-order valence-electron chi connectivity index (χ0n) is 29.8. The molecule has 0 aromatic carbocycles. The van der Waals surface area contributed by atoms with Gasteiger partial charge in [-0.15, -0.1) is 0 Å². The second-order valence-corrected chi connectivity index (χ2v) is 13.1. The average molecular weight is 641 g/mol. The first kappa shape index (κ1) is 43.4. The van der Waals surface area contributed by atoms with E-state index in [1.165, 1.54) is 135 Å². The van der Waals surface area contributed by atoms with Gasteiger partial charge in [0.05, 0.1) is 0 Å². The molecule has 0 amide bonds. The van der Waals surface area contributed by atoms with Crippen LogP contribution in [0.15, 0.2) is 0 Å². The van der Waals surface area contributed by atoms with Crippen molar-refractivity contribution in [2.45, 2.75) is 213 Å². The predicted molar refractivity (Wildman–Crippen MR) is 184 cm³/mol. The average Bonchev–Trinajstić information content (AvgIpc) is 3.02. The lowest BCUT2D eigenvalue weighted by Crippen LogP contribution is -2.32.